The quantitative estimate of drug-likeness (QED) is 0.759. The predicted molar refractivity (Wildman–Crippen MR) is 107 cm³/mol. The minimum atomic E-state index is -0.800. The molecule has 7 nitrogen and oxygen atoms in total. The van der Waals surface area contributed by atoms with E-state index in [0.29, 0.717) is 17.1 Å². The van der Waals surface area contributed by atoms with Crippen molar-refractivity contribution in [2.45, 2.75) is 12.5 Å². The van der Waals surface area contributed by atoms with E-state index in [2.05, 4.69) is 17.3 Å². The van der Waals surface area contributed by atoms with Crippen LogP contribution in [-0.4, -0.2) is 52.5 Å². The van der Waals surface area contributed by atoms with E-state index in [1.165, 1.54) is 32.6 Å². The summed E-state index contributed by atoms with van der Waals surface area (Å²) in [5.41, 5.74) is 3.50. The van der Waals surface area contributed by atoms with Gasteiger partial charge in [-0.1, -0.05) is 12.1 Å². The first-order valence-corrected chi connectivity index (χ1v) is 9.09. The van der Waals surface area contributed by atoms with Gasteiger partial charge in [-0.05, 0) is 35.7 Å². The summed E-state index contributed by atoms with van der Waals surface area (Å²) >= 11 is 0. The van der Waals surface area contributed by atoms with Crippen molar-refractivity contribution in [2.24, 2.45) is 0 Å². The molecule has 1 amide bonds. The lowest BCUT2D eigenvalue weighted by Crippen LogP contribution is -2.28. The number of ether oxygens (including phenoxy) is 3. The number of benzene rings is 2. The zero-order chi connectivity index (χ0) is 20.3. The maximum absolute atomic E-state index is 12.7. The van der Waals surface area contributed by atoms with Gasteiger partial charge in [-0.15, -0.1) is 0 Å². The first-order chi connectivity index (χ1) is 13.5. The fourth-order valence-corrected chi connectivity index (χ4v) is 3.48. The van der Waals surface area contributed by atoms with Gasteiger partial charge in [-0.25, -0.2) is 0 Å². The fraction of sp³-hybridized carbons (Fsp3) is 0.381. The van der Waals surface area contributed by atoms with Crippen molar-refractivity contribution in [1.82, 2.24) is 5.32 Å². The lowest BCUT2D eigenvalue weighted by Gasteiger charge is -2.17. The van der Waals surface area contributed by atoms with Gasteiger partial charge >= 0.3 is 0 Å². The number of amides is 1. The second-order valence-corrected chi connectivity index (χ2v) is 6.67. The lowest BCUT2D eigenvalue weighted by atomic mass is 10.0. The van der Waals surface area contributed by atoms with Gasteiger partial charge in [0, 0.05) is 25.8 Å². The van der Waals surface area contributed by atoms with E-state index in [0.717, 1.165) is 18.5 Å². The molecule has 28 heavy (non-hydrogen) atoms. The number of fused-ring (bicyclic) bond motifs is 1. The Morgan fingerprint density at radius 1 is 1.14 bits per heavy atom. The van der Waals surface area contributed by atoms with Crippen LogP contribution in [0.2, 0.25) is 0 Å². The molecular formula is C21H26N2O5. The van der Waals surface area contributed by atoms with Gasteiger partial charge in [-0.3, -0.25) is 4.79 Å². The van der Waals surface area contributed by atoms with Crippen LogP contribution >= 0.6 is 0 Å². The maximum Gasteiger partial charge on any atom is 0.255 e. The number of carbonyl (C=O) groups is 1. The third kappa shape index (κ3) is 3.71. The van der Waals surface area contributed by atoms with Gasteiger partial charge in [0.05, 0.1) is 33.0 Å². The number of hydrogen-bond donors (Lipinski definition) is 2. The Labute approximate surface area is 164 Å². The third-order valence-electron chi connectivity index (χ3n) is 5.02. The predicted octanol–water partition coefficient (Wildman–Crippen LogP) is 2.17. The average Bonchev–Trinajstić information content (AvgIpc) is 3.10. The minimum absolute atomic E-state index is 0.0883. The number of rotatable bonds is 7. The summed E-state index contributed by atoms with van der Waals surface area (Å²) in [4.78, 5) is 14.8. The van der Waals surface area contributed by atoms with Crippen LogP contribution in [0.25, 0.3) is 0 Å². The molecule has 0 radical (unpaired) electrons. The summed E-state index contributed by atoms with van der Waals surface area (Å²) in [7, 11) is 6.52. The Hall–Kier alpha value is -2.93. The van der Waals surface area contributed by atoms with Gasteiger partial charge in [0.2, 0.25) is 5.75 Å². The van der Waals surface area contributed by atoms with Crippen LogP contribution in [0.1, 0.15) is 27.6 Å². The average molecular weight is 386 g/mol. The molecule has 0 bridgehead atoms. The Morgan fingerprint density at radius 3 is 2.57 bits per heavy atom. The number of aliphatic hydroxyl groups excluding tert-OH is 1. The first-order valence-electron chi connectivity index (χ1n) is 9.09. The van der Waals surface area contributed by atoms with Crippen molar-refractivity contribution in [2.75, 3.05) is 46.4 Å². The van der Waals surface area contributed by atoms with E-state index in [1.54, 1.807) is 12.1 Å². The number of anilines is 1. The van der Waals surface area contributed by atoms with Crippen molar-refractivity contribution in [3.8, 4) is 17.2 Å². The summed E-state index contributed by atoms with van der Waals surface area (Å²) in [6.45, 7) is 1.07. The second-order valence-electron chi connectivity index (χ2n) is 6.67. The van der Waals surface area contributed by atoms with Crippen LogP contribution in [0, 0.1) is 0 Å². The molecule has 0 saturated heterocycles. The number of nitrogens with one attached hydrogen (secondary N) is 1. The molecule has 1 aliphatic rings. The third-order valence-corrected chi connectivity index (χ3v) is 5.02. The van der Waals surface area contributed by atoms with Crippen LogP contribution in [0.3, 0.4) is 0 Å². The molecule has 150 valence electrons. The van der Waals surface area contributed by atoms with Gasteiger partial charge in [0.15, 0.2) is 11.5 Å². The Morgan fingerprint density at radius 2 is 1.89 bits per heavy atom. The van der Waals surface area contributed by atoms with Crippen LogP contribution in [0.5, 0.6) is 17.2 Å². The maximum atomic E-state index is 12.7. The second kappa shape index (κ2) is 8.39. The van der Waals surface area contributed by atoms with Crippen LogP contribution in [0.15, 0.2) is 30.3 Å². The zero-order valence-electron chi connectivity index (χ0n) is 16.6. The molecule has 0 fully saturated rings. The summed E-state index contributed by atoms with van der Waals surface area (Å²) in [5, 5.41) is 13.3. The monoisotopic (exact) mass is 386 g/mol. The van der Waals surface area contributed by atoms with Crippen molar-refractivity contribution < 1.29 is 24.1 Å². The number of methoxy groups -OCH3 is 3. The van der Waals surface area contributed by atoms with Crippen molar-refractivity contribution in [1.29, 1.82) is 0 Å². The highest BCUT2D eigenvalue weighted by atomic mass is 16.5. The number of carbonyl (C=O) groups excluding carboxylic acids is 1. The van der Waals surface area contributed by atoms with E-state index in [9.17, 15) is 9.90 Å². The topological polar surface area (TPSA) is 80.3 Å². The van der Waals surface area contributed by atoms with Gasteiger partial charge in [-0.2, -0.15) is 0 Å². The molecule has 2 aromatic rings. The molecule has 1 aliphatic heterocycles. The van der Waals surface area contributed by atoms with E-state index < -0.39 is 6.10 Å². The lowest BCUT2D eigenvalue weighted by molar-refractivity contribution is 0.0912. The molecule has 2 N–H and O–H groups in total. The van der Waals surface area contributed by atoms with Gasteiger partial charge in [0.25, 0.3) is 5.91 Å². The van der Waals surface area contributed by atoms with Crippen molar-refractivity contribution >= 4 is 11.6 Å². The Bertz CT molecular complexity index is 868. The molecule has 1 atom stereocenters. The molecule has 0 aliphatic carbocycles. The highest BCUT2D eigenvalue weighted by Crippen LogP contribution is 2.39. The zero-order valence-corrected chi connectivity index (χ0v) is 16.6. The summed E-state index contributed by atoms with van der Waals surface area (Å²) in [6.07, 6.45) is 0.160. The van der Waals surface area contributed by atoms with Crippen LogP contribution in [-0.2, 0) is 6.42 Å². The normalized spacial score (nSPS) is 13.7. The SMILES string of the molecule is COc1ccc(C(=O)NC[C@H](O)c2ccc3c(c2)CCN3C)c(OC)c1OC. The van der Waals surface area contributed by atoms with Crippen LogP contribution < -0.4 is 24.4 Å². The Balaban J connectivity index is 1.72. The number of hydrogen-bond acceptors (Lipinski definition) is 6. The first kappa shape index (κ1) is 19.8. The van der Waals surface area contributed by atoms with E-state index >= 15 is 0 Å². The molecule has 1 heterocycles. The highest BCUT2D eigenvalue weighted by molar-refractivity contribution is 5.98. The molecule has 0 aromatic heterocycles. The van der Waals surface area contributed by atoms with Crippen molar-refractivity contribution in [3.63, 3.8) is 0 Å². The van der Waals surface area contributed by atoms with Gasteiger partial charge in [0.1, 0.15) is 0 Å². The van der Waals surface area contributed by atoms with E-state index in [1.807, 2.05) is 18.2 Å². The number of aliphatic hydroxyl groups is 1. The summed E-state index contributed by atoms with van der Waals surface area (Å²) in [6, 6.07) is 9.16. The van der Waals surface area contributed by atoms with E-state index in [-0.39, 0.29) is 18.2 Å². The standard InChI is InChI=1S/C21H26N2O5/c1-23-10-9-13-11-14(5-7-16(13)23)17(24)12-22-21(25)15-6-8-18(26-2)20(28-4)19(15)27-3/h5-8,11,17,24H,9-10,12H2,1-4H3,(H,22,25)/t17-/m0/s1. The Kier molecular flexibility index (Phi) is 5.94. The van der Waals surface area contributed by atoms with E-state index in [4.69, 9.17) is 14.2 Å². The number of nitrogens with zero attached hydrogens (tertiary/aromatic N) is 1. The molecule has 7 heteroatoms. The van der Waals surface area contributed by atoms with Gasteiger partial charge < -0.3 is 29.5 Å². The summed E-state index contributed by atoms with van der Waals surface area (Å²) in [5.74, 6) is 0.743. The smallest absolute Gasteiger partial charge is 0.255 e. The molecular weight excluding hydrogens is 360 g/mol. The largest absolute Gasteiger partial charge is 0.493 e. The molecule has 3 rings (SSSR count). The molecule has 0 saturated carbocycles. The molecule has 2 aromatic carbocycles. The summed E-state index contributed by atoms with van der Waals surface area (Å²) < 4.78 is 15.9. The molecule has 0 spiro atoms. The molecule has 0 unspecified atom stereocenters. The fourth-order valence-electron chi connectivity index (χ4n) is 3.48. The number of likely N-dealkylation sites (N-methyl/N-ethyl adjacent to an activating group) is 1. The van der Waals surface area contributed by atoms with Crippen molar-refractivity contribution in [3.05, 3.63) is 47.0 Å². The highest BCUT2D eigenvalue weighted by Gasteiger charge is 2.22. The van der Waals surface area contributed by atoms with Crippen LogP contribution in [0.4, 0.5) is 5.69 Å². The minimum Gasteiger partial charge on any atom is -0.493 e.